The highest BCUT2D eigenvalue weighted by molar-refractivity contribution is 5.89. The van der Waals surface area contributed by atoms with Gasteiger partial charge in [-0.1, -0.05) is 13.8 Å². The van der Waals surface area contributed by atoms with Crippen molar-refractivity contribution in [3.05, 3.63) is 12.3 Å². The Kier molecular flexibility index (Phi) is 5.15. The minimum atomic E-state index is 0.00435. The van der Waals surface area contributed by atoms with Gasteiger partial charge < -0.3 is 11.1 Å². The van der Waals surface area contributed by atoms with E-state index in [2.05, 4.69) is 24.3 Å². The zero-order valence-electron chi connectivity index (χ0n) is 10.8. The van der Waals surface area contributed by atoms with E-state index in [1.54, 1.807) is 24.0 Å². The molecule has 1 unspecified atom stereocenters. The number of amides is 1. The summed E-state index contributed by atoms with van der Waals surface area (Å²) in [6, 6.07) is 1.78. The molecule has 0 aromatic carbocycles. The molecule has 0 aliphatic rings. The Hall–Kier alpha value is -1.36. The lowest BCUT2D eigenvalue weighted by molar-refractivity contribution is -0.117. The molecule has 0 aliphatic carbocycles. The Bertz CT molecular complexity index is 359. The van der Waals surface area contributed by atoms with Gasteiger partial charge in [-0.3, -0.25) is 9.48 Å². The maximum Gasteiger partial charge on any atom is 0.225 e. The molecule has 96 valence electrons. The van der Waals surface area contributed by atoms with Crippen LogP contribution in [0.25, 0.3) is 0 Å². The van der Waals surface area contributed by atoms with Crippen molar-refractivity contribution < 1.29 is 4.79 Å². The van der Waals surface area contributed by atoms with Crippen LogP contribution in [-0.2, 0) is 11.8 Å². The third-order valence-corrected chi connectivity index (χ3v) is 2.70. The molecular weight excluding hydrogens is 216 g/mol. The van der Waals surface area contributed by atoms with Gasteiger partial charge in [0.05, 0.1) is 6.20 Å². The molecule has 3 N–H and O–H groups in total. The summed E-state index contributed by atoms with van der Waals surface area (Å²) in [5.41, 5.74) is 5.68. The lowest BCUT2D eigenvalue weighted by Crippen LogP contribution is -2.24. The second-order valence-corrected chi connectivity index (χ2v) is 4.82. The van der Waals surface area contributed by atoms with Crippen LogP contribution in [0.2, 0.25) is 0 Å². The van der Waals surface area contributed by atoms with Crippen LogP contribution in [0.4, 0.5) is 5.82 Å². The summed E-state index contributed by atoms with van der Waals surface area (Å²) in [5.74, 6) is 1.54. The number of aryl methyl sites for hydroxylation is 1. The average molecular weight is 238 g/mol. The van der Waals surface area contributed by atoms with Gasteiger partial charge in [0.15, 0.2) is 0 Å². The molecule has 0 fully saturated rings. The molecule has 0 aliphatic heterocycles. The highest BCUT2D eigenvalue weighted by Gasteiger charge is 2.14. The molecule has 0 spiro atoms. The zero-order valence-corrected chi connectivity index (χ0v) is 10.8. The van der Waals surface area contributed by atoms with E-state index < -0.39 is 0 Å². The molecule has 1 rings (SSSR count). The predicted molar refractivity (Wildman–Crippen MR) is 68.5 cm³/mol. The molecule has 5 heteroatoms. The number of hydrogen-bond donors (Lipinski definition) is 2. The number of anilines is 1. The number of nitrogens with zero attached hydrogens (tertiary/aromatic N) is 2. The van der Waals surface area contributed by atoms with Crippen LogP contribution in [0, 0.1) is 11.8 Å². The Labute approximate surface area is 102 Å². The normalized spacial score (nSPS) is 12.8. The minimum absolute atomic E-state index is 0.00435. The van der Waals surface area contributed by atoms with E-state index in [1.807, 2.05) is 0 Å². The first-order chi connectivity index (χ1) is 8.02. The second kappa shape index (κ2) is 6.39. The highest BCUT2D eigenvalue weighted by Crippen LogP contribution is 2.15. The van der Waals surface area contributed by atoms with Gasteiger partial charge in [0, 0.05) is 19.5 Å². The monoisotopic (exact) mass is 238 g/mol. The van der Waals surface area contributed by atoms with Crippen molar-refractivity contribution in [2.24, 2.45) is 24.6 Å². The molecule has 1 aromatic rings. The first kappa shape index (κ1) is 13.7. The van der Waals surface area contributed by atoms with Crippen LogP contribution < -0.4 is 11.1 Å². The van der Waals surface area contributed by atoms with Gasteiger partial charge in [-0.15, -0.1) is 0 Å². The number of nitrogens with one attached hydrogen (secondary N) is 1. The molecule has 0 saturated heterocycles. The number of aromatic nitrogens is 2. The highest BCUT2D eigenvalue weighted by atomic mass is 16.1. The van der Waals surface area contributed by atoms with Crippen LogP contribution in [0.3, 0.4) is 0 Å². The number of nitrogens with two attached hydrogens (primary N) is 1. The summed E-state index contributed by atoms with van der Waals surface area (Å²) in [4.78, 5) is 11.8. The number of carbonyl (C=O) groups is 1. The van der Waals surface area contributed by atoms with Crippen molar-refractivity contribution in [3.8, 4) is 0 Å². The van der Waals surface area contributed by atoms with E-state index in [0.29, 0.717) is 18.9 Å². The Morgan fingerprint density at radius 1 is 1.59 bits per heavy atom. The van der Waals surface area contributed by atoms with Crippen LogP contribution in [-0.4, -0.2) is 22.2 Å². The van der Waals surface area contributed by atoms with Gasteiger partial charge in [-0.2, -0.15) is 5.10 Å². The van der Waals surface area contributed by atoms with Gasteiger partial charge in [0.2, 0.25) is 5.91 Å². The van der Waals surface area contributed by atoms with Gasteiger partial charge in [0.25, 0.3) is 0 Å². The Morgan fingerprint density at radius 2 is 2.29 bits per heavy atom. The van der Waals surface area contributed by atoms with Crippen molar-refractivity contribution in [1.82, 2.24) is 9.78 Å². The summed E-state index contributed by atoms with van der Waals surface area (Å²) >= 11 is 0. The van der Waals surface area contributed by atoms with E-state index in [9.17, 15) is 4.79 Å². The van der Waals surface area contributed by atoms with Gasteiger partial charge in [0.1, 0.15) is 5.82 Å². The number of rotatable bonds is 6. The maximum atomic E-state index is 11.8. The lowest BCUT2D eigenvalue weighted by Gasteiger charge is -2.16. The molecule has 1 amide bonds. The maximum absolute atomic E-state index is 11.8. The summed E-state index contributed by atoms with van der Waals surface area (Å²) < 4.78 is 1.64. The quantitative estimate of drug-likeness (QED) is 0.786. The minimum Gasteiger partial charge on any atom is -0.330 e. The van der Waals surface area contributed by atoms with E-state index in [-0.39, 0.29) is 11.8 Å². The topological polar surface area (TPSA) is 72.9 Å². The largest absolute Gasteiger partial charge is 0.330 e. The van der Waals surface area contributed by atoms with E-state index in [0.717, 1.165) is 12.2 Å². The molecular formula is C12H22N4O. The number of hydrogen-bond acceptors (Lipinski definition) is 3. The van der Waals surface area contributed by atoms with Gasteiger partial charge >= 0.3 is 0 Å². The molecule has 5 nitrogen and oxygen atoms in total. The SMILES string of the molecule is CC(C)CC(CN)CC(=O)Nc1ccnn1C. The fourth-order valence-electron chi connectivity index (χ4n) is 1.88. The summed E-state index contributed by atoms with van der Waals surface area (Å²) in [5, 5.41) is 6.83. The predicted octanol–water partition coefficient (Wildman–Crippen LogP) is 1.37. The molecule has 1 aromatic heterocycles. The Balaban J connectivity index is 2.45. The Morgan fingerprint density at radius 3 is 2.76 bits per heavy atom. The third kappa shape index (κ3) is 4.56. The lowest BCUT2D eigenvalue weighted by atomic mass is 9.94. The van der Waals surface area contributed by atoms with Crippen molar-refractivity contribution in [3.63, 3.8) is 0 Å². The molecule has 0 saturated carbocycles. The van der Waals surface area contributed by atoms with Crippen molar-refractivity contribution in [2.45, 2.75) is 26.7 Å². The molecule has 17 heavy (non-hydrogen) atoms. The van der Waals surface area contributed by atoms with Crippen LogP contribution in [0.5, 0.6) is 0 Å². The van der Waals surface area contributed by atoms with Crippen LogP contribution in [0.1, 0.15) is 26.7 Å². The second-order valence-electron chi connectivity index (χ2n) is 4.82. The van der Waals surface area contributed by atoms with Gasteiger partial charge in [-0.25, -0.2) is 0 Å². The molecule has 0 radical (unpaired) electrons. The number of carbonyl (C=O) groups excluding carboxylic acids is 1. The first-order valence-corrected chi connectivity index (χ1v) is 6.00. The standard InChI is InChI=1S/C12H22N4O/c1-9(2)6-10(8-13)7-12(17)15-11-4-5-14-16(11)3/h4-5,9-10H,6-8,13H2,1-3H3,(H,15,17). The fraction of sp³-hybridized carbons (Fsp3) is 0.667. The van der Waals surface area contributed by atoms with Crippen LogP contribution >= 0.6 is 0 Å². The fourth-order valence-corrected chi connectivity index (χ4v) is 1.88. The average Bonchev–Trinajstić information content (AvgIpc) is 2.62. The van der Waals surface area contributed by atoms with Crippen molar-refractivity contribution >= 4 is 11.7 Å². The van der Waals surface area contributed by atoms with E-state index in [4.69, 9.17) is 5.73 Å². The zero-order chi connectivity index (χ0) is 12.8. The third-order valence-electron chi connectivity index (χ3n) is 2.70. The molecule has 1 heterocycles. The smallest absolute Gasteiger partial charge is 0.225 e. The van der Waals surface area contributed by atoms with Crippen LogP contribution in [0.15, 0.2) is 12.3 Å². The van der Waals surface area contributed by atoms with E-state index >= 15 is 0 Å². The first-order valence-electron chi connectivity index (χ1n) is 6.00. The molecule has 0 bridgehead atoms. The summed E-state index contributed by atoms with van der Waals surface area (Å²) in [6.07, 6.45) is 3.11. The molecule has 1 atom stereocenters. The summed E-state index contributed by atoms with van der Waals surface area (Å²) in [7, 11) is 1.80. The van der Waals surface area contributed by atoms with Gasteiger partial charge in [-0.05, 0) is 24.8 Å². The summed E-state index contributed by atoms with van der Waals surface area (Å²) in [6.45, 7) is 4.83. The van der Waals surface area contributed by atoms with E-state index in [1.165, 1.54) is 0 Å². The van der Waals surface area contributed by atoms with Crippen molar-refractivity contribution in [1.29, 1.82) is 0 Å². The van der Waals surface area contributed by atoms with Crippen molar-refractivity contribution in [2.75, 3.05) is 11.9 Å².